The predicted molar refractivity (Wildman–Crippen MR) is 104 cm³/mol. The number of alkyl halides is 3. The summed E-state index contributed by atoms with van der Waals surface area (Å²) in [6, 6.07) is 6.74. The Morgan fingerprint density at radius 2 is 1.89 bits per heavy atom. The number of pyridine rings is 1. The first-order valence-electron chi connectivity index (χ1n) is 9.01. The minimum atomic E-state index is -4.48. The normalized spacial score (nSPS) is 15.6. The van der Waals surface area contributed by atoms with Crippen LogP contribution in [0.5, 0.6) is 0 Å². The highest BCUT2D eigenvalue weighted by molar-refractivity contribution is 6.33. The number of hydrogen-bond donors (Lipinski definition) is 1. The van der Waals surface area contributed by atoms with Crippen LogP contribution in [0.15, 0.2) is 30.5 Å². The molecule has 2 heterocycles. The number of nitrogens with one attached hydrogen (secondary N) is 1. The van der Waals surface area contributed by atoms with Gasteiger partial charge in [0.05, 0.1) is 10.6 Å². The van der Waals surface area contributed by atoms with E-state index in [4.69, 9.17) is 11.6 Å². The lowest BCUT2D eigenvalue weighted by Gasteiger charge is -2.32. The van der Waals surface area contributed by atoms with Crippen molar-refractivity contribution in [2.24, 2.45) is 5.92 Å². The van der Waals surface area contributed by atoms with E-state index in [9.17, 15) is 18.0 Å². The molecule has 0 bridgehead atoms. The zero-order valence-corrected chi connectivity index (χ0v) is 16.4. The van der Waals surface area contributed by atoms with Gasteiger partial charge in [-0.2, -0.15) is 13.2 Å². The Hall–Kier alpha value is -2.28. The maximum absolute atomic E-state index is 12.8. The van der Waals surface area contributed by atoms with Gasteiger partial charge in [-0.3, -0.25) is 4.79 Å². The molecule has 0 unspecified atom stereocenters. The molecule has 1 N–H and O–H groups in total. The van der Waals surface area contributed by atoms with Crippen molar-refractivity contribution in [1.29, 1.82) is 0 Å². The van der Waals surface area contributed by atoms with Crippen LogP contribution < -0.4 is 10.2 Å². The summed E-state index contributed by atoms with van der Waals surface area (Å²) < 4.78 is 38.3. The van der Waals surface area contributed by atoms with Crippen LogP contribution >= 0.6 is 11.6 Å². The molecule has 1 aromatic heterocycles. The van der Waals surface area contributed by atoms with E-state index in [-0.39, 0.29) is 16.8 Å². The monoisotopic (exact) mass is 411 g/mol. The van der Waals surface area contributed by atoms with Gasteiger partial charge in [0.15, 0.2) is 0 Å². The van der Waals surface area contributed by atoms with Gasteiger partial charge in [0, 0.05) is 30.9 Å². The minimum absolute atomic E-state index is 0.0343. The molecule has 1 aliphatic heterocycles. The number of aryl methyl sites for hydroxylation is 2. The molecule has 28 heavy (non-hydrogen) atoms. The molecular formula is C20H21ClF3N3O. The topological polar surface area (TPSA) is 45.2 Å². The Bertz CT molecular complexity index is 877. The summed E-state index contributed by atoms with van der Waals surface area (Å²) in [7, 11) is 0. The Kier molecular flexibility index (Phi) is 5.84. The zero-order valence-electron chi connectivity index (χ0n) is 15.6. The number of piperidine rings is 1. The highest BCUT2D eigenvalue weighted by atomic mass is 35.5. The summed E-state index contributed by atoms with van der Waals surface area (Å²) in [5.74, 6) is 0.117. The van der Waals surface area contributed by atoms with E-state index in [1.165, 1.54) is 0 Å². The number of amides is 1. The minimum Gasteiger partial charge on any atom is -0.355 e. The van der Waals surface area contributed by atoms with Gasteiger partial charge >= 0.3 is 6.18 Å². The molecule has 0 spiro atoms. The lowest BCUT2D eigenvalue weighted by atomic mass is 9.95. The van der Waals surface area contributed by atoms with E-state index < -0.39 is 11.7 Å². The van der Waals surface area contributed by atoms with Crippen molar-refractivity contribution < 1.29 is 18.0 Å². The standard InChI is InChI=1S/C20H21ClF3N3O/c1-12-3-4-17(13(2)9-12)26-19(28)14-5-7-27(8-6-14)18-16(21)10-15(11-25-18)20(22,23)24/h3-4,9-11,14H,5-8H2,1-2H3,(H,26,28). The Morgan fingerprint density at radius 3 is 2.46 bits per heavy atom. The first kappa shape index (κ1) is 20.5. The molecule has 2 aromatic rings. The Morgan fingerprint density at radius 1 is 1.21 bits per heavy atom. The molecule has 1 saturated heterocycles. The first-order valence-corrected chi connectivity index (χ1v) is 9.39. The van der Waals surface area contributed by atoms with Gasteiger partial charge in [-0.15, -0.1) is 0 Å². The van der Waals surface area contributed by atoms with E-state index >= 15 is 0 Å². The summed E-state index contributed by atoms with van der Waals surface area (Å²) in [6.07, 6.45) is -2.53. The summed E-state index contributed by atoms with van der Waals surface area (Å²) in [6.45, 7) is 4.95. The van der Waals surface area contributed by atoms with Gasteiger partial charge < -0.3 is 10.2 Å². The lowest BCUT2D eigenvalue weighted by molar-refractivity contribution is -0.137. The summed E-state index contributed by atoms with van der Waals surface area (Å²) >= 11 is 6.02. The van der Waals surface area contributed by atoms with Crippen LogP contribution in [0.25, 0.3) is 0 Å². The van der Waals surface area contributed by atoms with Gasteiger partial charge in [-0.05, 0) is 44.4 Å². The second kappa shape index (κ2) is 7.99. The first-order chi connectivity index (χ1) is 13.1. The molecule has 150 valence electrons. The average Bonchev–Trinajstić information content (AvgIpc) is 2.63. The molecule has 1 aliphatic rings. The van der Waals surface area contributed by atoms with Crippen molar-refractivity contribution in [3.8, 4) is 0 Å². The SMILES string of the molecule is Cc1ccc(NC(=O)C2CCN(c3ncc(C(F)(F)F)cc3Cl)CC2)c(C)c1. The lowest BCUT2D eigenvalue weighted by Crippen LogP contribution is -2.38. The zero-order chi connectivity index (χ0) is 20.5. The number of anilines is 2. The Labute approximate surface area is 166 Å². The van der Waals surface area contributed by atoms with Crippen LogP contribution in [0.1, 0.15) is 29.5 Å². The fourth-order valence-electron chi connectivity index (χ4n) is 3.36. The quantitative estimate of drug-likeness (QED) is 0.752. The molecule has 3 rings (SSSR count). The third-order valence-electron chi connectivity index (χ3n) is 4.95. The average molecular weight is 412 g/mol. The fraction of sp³-hybridized carbons (Fsp3) is 0.400. The largest absolute Gasteiger partial charge is 0.417 e. The number of carbonyl (C=O) groups is 1. The van der Waals surface area contributed by atoms with E-state index in [1.54, 1.807) is 0 Å². The highest BCUT2D eigenvalue weighted by Gasteiger charge is 2.33. The van der Waals surface area contributed by atoms with Crippen molar-refractivity contribution in [2.45, 2.75) is 32.9 Å². The number of aromatic nitrogens is 1. The smallest absolute Gasteiger partial charge is 0.355 e. The van der Waals surface area contributed by atoms with Gasteiger partial charge in [0.1, 0.15) is 5.82 Å². The molecule has 0 radical (unpaired) electrons. The van der Waals surface area contributed by atoms with Crippen LogP contribution in [0.2, 0.25) is 5.02 Å². The molecular weight excluding hydrogens is 391 g/mol. The molecule has 0 atom stereocenters. The molecule has 8 heteroatoms. The highest BCUT2D eigenvalue weighted by Crippen LogP contribution is 2.34. The molecule has 1 aromatic carbocycles. The van der Waals surface area contributed by atoms with Crippen LogP contribution in [0, 0.1) is 19.8 Å². The summed E-state index contributed by atoms with van der Waals surface area (Å²) in [5.41, 5.74) is 2.06. The molecule has 1 amide bonds. The van der Waals surface area contributed by atoms with Crippen molar-refractivity contribution in [3.63, 3.8) is 0 Å². The third-order valence-corrected chi connectivity index (χ3v) is 5.23. The summed E-state index contributed by atoms with van der Waals surface area (Å²) in [5, 5.41) is 2.94. The van der Waals surface area contributed by atoms with Crippen LogP contribution in [0.4, 0.5) is 24.7 Å². The number of nitrogens with zero attached hydrogens (tertiary/aromatic N) is 2. The number of benzene rings is 1. The molecule has 0 saturated carbocycles. The number of hydrogen-bond acceptors (Lipinski definition) is 3. The summed E-state index contributed by atoms with van der Waals surface area (Å²) in [4.78, 5) is 18.3. The van der Waals surface area contributed by atoms with Crippen molar-refractivity contribution in [1.82, 2.24) is 4.98 Å². The van der Waals surface area contributed by atoms with Crippen molar-refractivity contribution in [3.05, 3.63) is 52.2 Å². The fourth-order valence-corrected chi connectivity index (χ4v) is 3.65. The molecule has 0 aliphatic carbocycles. The van der Waals surface area contributed by atoms with E-state index in [1.807, 2.05) is 36.9 Å². The maximum atomic E-state index is 12.8. The number of halogens is 4. The van der Waals surface area contributed by atoms with Gasteiger partial charge in [0.25, 0.3) is 0 Å². The van der Waals surface area contributed by atoms with Crippen molar-refractivity contribution >= 4 is 29.0 Å². The second-order valence-corrected chi connectivity index (χ2v) is 7.50. The van der Waals surface area contributed by atoms with Gasteiger partial charge in [-0.1, -0.05) is 29.3 Å². The maximum Gasteiger partial charge on any atom is 0.417 e. The van der Waals surface area contributed by atoms with Crippen LogP contribution in [-0.4, -0.2) is 24.0 Å². The van der Waals surface area contributed by atoms with Crippen LogP contribution in [-0.2, 0) is 11.0 Å². The third kappa shape index (κ3) is 4.58. The van der Waals surface area contributed by atoms with Crippen LogP contribution in [0.3, 0.4) is 0 Å². The number of carbonyl (C=O) groups excluding carboxylic acids is 1. The van der Waals surface area contributed by atoms with E-state index in [0.29, 0.717) is 31.7 Å². The van der Waals surface area contributed by atoms with Gasteiger partial charge in [0.2, 0.25) is 5.91 Å². The van der Waals surface area contributed by atoms with E-state index in [0.717, 1.165) is 29.1 Å². The number of rotatable bonds is 3. The Balaban J connectivity index is 1.62. The predicted octanol–water partition coefficient (Wildman–Crippen LogP) is 5.23. The molecule has 1 fully saturated rings. The van der Waals surface area contributed by atoms with E-state index in [2.05, 4.69) is 10.3 Å². The second-order valence-electron chi connectivity index (χ2n) is 7.10. The van der Waals surface area contributed by atoms with Crippen molar-refractivity contribution in [2.75, 3.05) is 23.3 Å². The molecule has 4 nitrogen and oxygen atoms in total. The van der Waals surface area contributed by atoms with Gasteiger partial charge in [-0.25, -0.2) is 4.98 Å².